The minimum atomic E-state index is 0.910. The summed E-state index contributed by atoms with van der Waals surface area (Å²) in [6.45, 7) is 14.8. The van der Waals surface area contributed by atoms with Crippen LogP contribution in [0.15, 0.2) is 48.2 Å². The molecule has 0 bridgehead atoms. The van der Waals surface area contributed by atoms with Crippen LogP contribution in [0, 0.1) is 0 Å². The van der Waals surface area contributed by atoms with E-state index in [1.807, 2.05) is 19.1 Å². The molecule has 0 unspecified atom stereocenters. The van der Waals surface area contributed by atoms with Crippen LogP contribution in [0.5, 0.6) is 0 Å². The van der Waals surface area contributed by atoms with E-state index in [9.17, 15) is 0 Å². The molecule has 0 amide bonds. The Balaban J connectivity index is 3.71. The number of rotatable bonds is 6. The van der Waals surface area contributed by atoms with Gasteiger partial charge >= 0.3 is 0 Å². The SMILES string of the molecule is C=C(/C=C\C=C(C)C)CCNC(=C)C. The van der Waals surface area contributed by atoms with Crippen molar-refractivity contribution in [2.24, 2.45) is 0 Å². The van der Waals surface area contributed by atoms with Crippen molar-refractivity contribution in [3.63, 3.8) is 0 Å². The molecule has 0 aromatic carbocycles. The van der Waals surface area contributed by atoms with E-state index >= 15 is 0 Å². The number of allylic oxidation sites excluding steroid dienone is 5. The summed E-state index contributed by atoms with van der Waals surface area (Å²) >= 11 is 0. The molecule has 0 radical (unpaired) electrons. The van der Waals surface area contributed by atoms with E-state index in [4.69, 9.17) is 0 Å². The predicted molar refractivity (Wildman–Crippen MR) is 65.1 cm³/mol. The van der Waals surface area contributed by atoms with Gasteiger partial charge in [-0.25, -0.2) is 0 Å². The molecule has 1 heteroatoms. The fourth-order valence-electron chi connectivity index (χ4n) is 0.896. The second kappa shape index (κ2) is 7.19. The molecule has 0 aromatic heterocycles. The molecular formula is C13H21N. The third kappa shape index (κ3) is 8.85. The molecule has 0 aliphatic carbocycles. The maximum Gasteiger partial charge on any atom is 0.0183 e. The lowest BCUT2D eigenvalue weighted by molar-refractivity contribution is 0.795. The average Bonchev–Trinajstić information content (AvgIpc) is 2.02. The molecule has 1 nitrogen and oxygen atoms in total. The minimum absolute atomic E-state index is 0.910. The minimum Gasteiger partial charge on any atom is -0.389 e. The highest BCUT2D eigenvalue weighted by atomic mass is 14.9. The Labute approximate surface area is 87.9 Å². The number of nitrogens with one attached hydrogen (secondary N) is 1. The fourth-order valence-corrected chi connectivity index (χ4v) is 0.896. The molecule has 14 heavy (non-hydrogen) atoms. The van der Waals surface area contributed by atoms with Crippen molar-refractivity contribution >= 4 is 0 Å². The number of hydrogen-bond donors (Lipinski definition) is 1. The summed E-state index contributed by atoms with van der Waals surface area (Å²) in [7, 11) is 0. The molecule has 0 fully saturated rings. The van der Waals surface area contributed by atoms with Crippen molar-refractivity contribution < 1.29 is 0 Å². The smallest absolute Gasteiger partial charge is 0.0183 e. The average molecular weight is 191 g/mol. The second-order valence-corrected chi connectivity index (χ2v) is 3.72. The normalized spacial score (nSPS) is 9.93. The van der Waals surface area contributed by atoms with Crippen molar-refractivity contribution in [2.45, 2.75) is 27.2 Å². The van der Waals surface area contributed by atoms with Crippen LogP contribution in [0.2, 0.25) is 0 Å². The maximum atomic E-state index is 3.96. The highest BCUT2D eigenvalue weighted by Crippen LogP contribution is 2.00. The highest BCUT2D eigenvalue weighted by Gasteiger charge is 1.88. The Bertz CT molecular complexity index is 252. The lowest BCUT2D eigenvalue weighted by Gasteiger charge is -2.03. The Morgan fingerprint density at radius 3 is 2.36 bits per heavy atom. The van der Waals surface area contributed by atoms with Crippen molar-refractivity contribution in [3.05, 3.63) is 48.2 Å². The lowest BCUT2D eigenvalue weighted by atomic mass is 10.2. The molecule has 0 rings (SSSR count). The van der Waals surface area contributed by atoms with Crippen LogP contribution in [0.25, 0.3) is 0 Å². The van der Waals surface area contributed by atoms with Gasteiger partial charge in [-0.15, -0.1) is 0 Å². The Morgan fingerprint density at radius 2 is 1.86 bits per heavy atom. The second-order valence-electron chi connectivity index (χ2n) is 3.72. The molecule has 78 valence electrons. The highest BCUT2D eigenvalue weighted by molar-refractivity contribution is 5.20. The van der Waals surface area contributed by atoms with Gasteiger partial charge in [0.1, 0.15) is 0 Å². The van der Waals surface area contributed by atoms with Crippen LogP contribution in [0.1, 0.15) is 27.2 Å². The van der Waals surface area contributed by atoms with Gasteiger partial charge in [-0.3, -0.25) is 0 Å². The van der Waals surface area contributed by atoms with E-state index in [1.54, 1.807) is 0 Å². The third-order valence-corrected chi connectivity index (χ3v) is 1.63. The van der Waals surface area contributed by atoms with Crippen molar-refractivity contribution in [3.8, 4) is 0 Å². The van der Waals surface area contributed by atoms with Crippen LogP contribution in [0.3, 0.4) is 0 Å². The van der Waals surface area contributed by atoms with Crippen molar-refractivity contribution in [1.29, 1.82) is 0 Å². The first-order valence-electron chi connectivity index (χ1n) is 4.91. The monoisotopic (exact) mass is 191 g/mol. The summed E-state index contributed by atoms with van der Waals surface area (Å²) in [6, 6.07) is 0. The predicted octanol–water partition coefficient (Wildman–Crippen LogP) is 3.58. The van der Waals surface area contributed by atoms with Gasteiger partial charge in [0.05, 0.1) is 0 Å². The molecule has 0 atom stereocenters. The quantitative estimate of drug-likeness (QED) is 0.633. The third-order valence-electron chi connectivity index (χ3n) is 1.63. The van der Waals surface area contributed by atoms with Gasteiger partial charge in [0.2, 0.25) is 0 Å². The topological polar surface area (TPSA) is 12.0 Å². The fraction of sp³-hybridized carbons (Fsp3) is 0.385. The molecule has 0 saturated carbocycles. The lowest BCUT2D eigenvalue weighted by Crippen LogP contribution is -2.11. The van der Waals surface area contributed by atoms with E-state index in [2.05, 4.69) is 38.4 Å². The standard InChI is InChI=1S/C13H21N/c1-11(2)7-6-8-13(5)9-10-14-12(3)4/h6-8,14H,3,5,9-10H2,1-2,4H3/b8-6-. The number of hydrogen-bond acceptors (Lipinski definition) is 1. The van der Waals surface area contributed by atoms with Gasteiger partial charge in [-0.1, -0.05) is 42.5 Å². The van der Waals surface area contributed by atoms with Crippen LogP contribution >= 0.6 is 0 Å². The summed E-state index contributed by atoms with van der Waals surface area (Å²) in [5.74, 6) is 0. The Kier molecular flexibility index (Phi) is 6.55. The van der Waals surface area contributed by atoms with Crippen LogP contribution in [0.4, 0.5) is 0 Å². The first kappa shape index (κ1) is 12.8. The van der Waals surface area contributed by atoms with Gasteiger partial charge in [0.25, 0.3) is 0 Å². The van der Waals surface area contributed by atoms with Crippen LogP contribution in [-0.2, 0) is 0 Å². The summed E-state index contributed by atoms with van der Waals surface area (Å²) in [6.07, 6.45) is 7.13. The molecule has 0 aliphatic rings. The first-order chi connectivity index (χ1) is 6.52. The molecule has 0 heterocycles. The van der Waals surface area contributed by atoms with Gasteiger partial charge in [-0.05, 0) is 27.2 Å². The van der Waals surface area contributed by atoms with Crippen LogP contribution in [-0.4, -0.2) is 6.54 Å². The van der Waals surface area contributed by atoms with E-state index in [0.717, 1.165) is 24.2 Å². The van der Waals surface area contributed by atoms with E-state index in [1.165, 1.54) is 5.57 Å². The van der Waals surface area contributed by atoms with E-state index < -0.39 is 0 Å². The molecule has 0 aliphatic heterocycles. The van der Waals surface area contributed by atoms with Gasteiger partial charge in [-0.2, -0.15) is 0 Å². The van der Waals surface area contributed by atoms with Crippen LogP contribution < -0.4 is 5.32 Å². The van der Waals surface area contributed by atoms with E-state index in [0.29, 0.717) is 0 Å². The summed E-state index contributed by atoms with van der Waals surface area (Å²) in [5.41, 5.74) is 3.44. The van der Waals surface area contributed by atoms with Gasteiger partial charge in [0.15, 0.2) is 0 Å². The first-order valence-corrected chi connectivity index (χ1v) is 4.91. The molecule has 0 aromatic rings. The summed E-state index contributed by atoms with van der Waals surface area (Å²) in [4.78, 5) is 0. The van der Waals surface area contributed by atoms with Gasteiger partial charge < -0.3 is 5.32 Å². The zero-order chi connectivity index (χ0) is 11.0. The maximum absolute atomic E-state index is 3.96. The largest absolute Gasteiger partial charge is 0.389 e. The molecule has 0 spiro atoms. The van der Waals surface area contributed by atoms with Gasteiger partial charge in [0, 0.05) is 12.2 Å². The zero-order valence-electron chi connectivity index (χ0n) is 9.56. The summed E-state index contributed by atoms with van der Waals surface area (Å²) < 4.78 is 0. The molecular weight excluding hydrogens is 170 g/mol. The Hall–Kier alpha value is -1.24. The Morgan fingerprint density at radius 1 is 1.21 bits per heavy atom. The van der Waals surface area contributed by atoms with Crippen molar-refractivity contribution in [2.75, 3.05) is 6.54 Å². The van der Waals surface area contributed by atoms with Crippen molar-refractivity contribution in [1.82, 2.24) is 5.32 Å². The zero-order valence-corrected chi connectivity index (χ0v) is 9.56. The summed E-state index contributed by atoms with van der Waals surface area (Å²) in [5, 5.41) is 3.17. The van der Waals surface area contributed by atoms with E-state index in [-0.39, 0.29) is 0 Å². The molecule has 1 N–H and O–H groups in total. The molecule has 0 saturated heterocycles.